The normalized spacial score (nSPS) is 10.3. The fourth-order valence-corrected chi connectivity index (χ4v) is 2.80. The molecule has 3 heterocycles. The molecule has 1 aromatic carbocycles. The fraction of sp³-hybridized carbons (Fsp3) is 0.0909. The Morgan fingerprint density at radius 3 is 2.59 bits per heavy atom. The minimum absolute atomic E-state index is 0.252. The summed E-state index contributed by atoms with van der Waals surface area (Å²) in [4.78, 5) is 22.4. The van der Waals surface area contributed by atoms with E-state index in [-0.39, 0.29) is 5.82 Å². The van der Waals surface area contributed by atoms with Gasteiger partial charge >= 0.3 is 0 Å². The highest BCUT2D eigenvalue weighted by molar-refractivity contribution is 5.70. The van der Waals surface area contributed by atoms with Crippen molar-refractivity contribution in [2.45, 2.75) is 13.0 Å². The van der Waals surface area contributed by atoms with Crippen LogP contribution in [-0.4, -0.2) is 21.2 Å². The van der Waals surface area contributed by atoms with Gasteiger partial charge in [-0.3, -0.25) is 0 Å². The summed E-state index contributed by atoms with van der Waals surface area (Å²) in [6, 6.07) is 19.0. The molecular weight excluding hydrogens is 368 g/mol. The van der Waals surface area contributed by atoms with Gasteiger partial charge in [-0.1, -0.05) is 35.5 Å². The Hall–Kier alpha value is -4.09. The number of aromatic nitrogens is 3. The van der Waals surface area contributed by atoms with E-state index >= 15 is 0 Å². The molecule has 0 aliphatic carbocycles. The molecule has 0 aliphatic heterocycles. The van der Waals surface area contributed by atoms with Crippen LogP contribution in [0.5, 0.6) is 5.88 Å². The van der Waals surface area contributed by atoms with E-state index in [9.17, 15) is 4.79 Å². The third kappa shape index (κ3) is 4.61. The van der Waals surface area contributed by atoms with Gasteiger partial charge in [-0.2, -0.15) is 0 Å². The van der Waals surface area contributed by atoms with Crippen molar-refractivity contribution in [3.8, 4) is 17.2 Å². The maximum atomic E-state index is 10.6. The Morgan fingerprint density at radius 2 is 1.79 bits per heavy atom. The molecule has 7 nitrogen and oxygen atoms in total. The van der Waals surface area contributed by atoms with E-state index in [1.807, 2.05) is 48.5 Å². The number of pyridine rings is 2. The van der Waals surface area contributed by atoms with Crippen molar-refractivity contribution in [1.82, 2.24) is 15.1 Å². The number of hydrogen-bond donors (Lipinski definition) is 0. The molecule has 0 radical (unpaired) electrons. The van der Waals surface area contributed by atoms with E-state index in [2.05, 4.69) is 20.1 Å². The summed E-state index contributed by atoms with van der Waals surface area (Å²) in [6.45, 7) is 0.451. The van der Waals surface area contributed by atoms with Gasteiger partial charge in [-0.05, 0) is 29.3 Å². The smallest absolute Gasteiger partial charge is 0.242 e. The van der Waals surface area contributed by atoms with Crippen LogP contribution >= 0.6 is 0 Å². The van der Waals surface area contributed by atoms with Gasteiger partial charge in [0.2, 0.25) is 12.0 Å². The van der Waals surface area contributed by atoms with Gasteiger partial charge in [0.05, 0.1) is 11.3 Å². The monoisotopic (exact) mass is 384 g/mol. The standard InChI is InChI=1S/C22H16N4O3/c27-15-25-22-19(4-3-11-24-22)20-13-18(26-29-20)12-16-6-8-17(9-7-16)14-28-21-5-1-2-10-23-21/h1-11,13H,12,14H2. The first-order valence-corrected chi connectivity index (χ1v) is 8.92. The molecule has 142 valence electrons. The molecule has 0 saturated carbocycles. The second-order valence-corrected chi connectivity index (χ2v) is 6.21. The second kappa shape index (κ2) is 8.73. The van der Waals surface area contributed by atoms with E-state index in [1.54, 1.807) is 24.5 Å². The van der Waals surface area contributed by atoms with E-state index < -0.39 is 0 Å². The van der Waals surface area contributed by atoms with Crippen molar-refractivity contribution in [2.75, 3.05) is 0 Å². The molecule has 4 rings (SSSR count). The van der Waals surface area contributed by atoms with Crippen molar-refractivity contribution in [3.05, 3.63) is 89.9 Å². The third-order valence-corrected chi connectivity index (χ3v) is 4.20. The van der Waals surface area contributed by atoms with Gasteiger partial charge in [0.25, 0.3) is 0 Å². The molecule has 0 atom stereocenters. The van der Waals surface area contributed by atoms with Gasteiger partial charge < -0.3 is 9.26 Å². The number of benzene rings is 1. The van der Waals surface area contributed by atoms with Crippen molar-refractivity contribution < 1.29 is 14.1 Å². The lowest BCUT2D eigenvalue weighted by atomic mass is 10.1. The highest BCUT2D eigenvalue weighted by Gasteiger charge is 2.12. The first-order valence-electron chi connectivity index (χ1n) is 8.92. The number of carbonyl (C=O) groups excluding carboxylic acids is 1. The molecule has 0 aliphatic rings. The lowest BCUT2D eigenvalue weighted by Gasteiger charge is -2.05. The zero-order valence-corrected chi connectivity index (χ0v) is 15.4. The summed E-state index contributed by atoms with van der Waals surface area (Å²) in [7, 11) is 0. The zero-order valence-electron chi connectivity index (χ0n) is 15.4. The summed E-state index contributed by atoms with van der Waals surface area (Å²) in [5.74, 6) is 1.35. The van der Waals surface area contributed by atoms with Gasteiger partial charge in [0.1, 0.15) is 6.61 Å². The van der Waals surface area contributed by atoms with Crippen LogP contribution in [0, 0.1) is 0 Å². The fourth-order valence-electron chi connectivity index (χ4n) is 2.80. The van der Waals surface area contributed by atoms with Gasteiger partial charge in [0.15, 0.2) is 11.6 Å². The number of isocyanates is 1. The Morgan fingerprint density at radius 1 is 0.966 bits per heavy atom. The SMILES string of the molecule is O=C=Nc1ncccc1-c1cc(Cc2ccc(COc3ccccn3)cc2)no1. The van der Waals surface area contributed by atoms with Crippen LogP contribution in [0.3, 0.4) is 0 Å². The van der Waals surface area contributed by atoms with E-state index in [4.69, 9.17) is 9.26 Å². The number of aliphatic imine (C=N–C) groups is 1. The second-order valence-electron chi connectivity index (χ2n) is 6.21. The van der Waals surface area contributed by atoms with Crippen molar-refractivity contribution in [3.63, 3.8) is 0 Å². The molecule has 0 unspecified atom stereocenters. The van der Waals surface area contributed by atoms with Crippen LogP contribution in [0.2, 0.25) is 0 Å². The summed E-state index contributed by atoms with van der Waals surface area (Å²) in [5, 5.41) is 4.11. The Labute approximate surface area is 166 Å². The van der Waals surface area contributed by atoms with Crippen LogP contribution in [0.15, 0.2) is 82.6 Å². The molecule has 0 fully saturated rings. The van der Waals surface area contributed by atoms with E-state index in [1.165, 1.54) is 6.08 Å². The quantitative estimate of drug-likeness (QED) is 0.349. The van der Waals surface area contributed by atoms with Crippen LogP contribution < -0.4 is 4.74 Å². The topological polar surface area (TPSA) is 90.5 Å². The van der Waals surface area contributed by atoms with Crippen molar-refractivity contribution in [2.24, 2.45) is 4.99 Å². The highest BCUT2D eigenvalue weighted by Crippen LogP contribution is 2.28. The highest BCUT2D eigenvalue weighted by atomic mass is 16.5. The molecule has 0 saturated heterocycles. The molecule has 0 amide bonds. The Kier molecular flexibility index (Phi) is 5.50. The minimum Gasteiger partial charge on any atom is -0.473 e. The van der Waals surface area contributed by atoms with Crippen LogP contribution in [0.25, 0.3) is 11.3 Å². The summed E-state index contributed by atoms with van der Waals surface area (Å²) in [6.07, 6.45) is 5.36. The van der Waals surface area contributed by atoms with Gasteiger partial charge in [-0.25, -0.2) is 14.8 Å². The van der Waals surface area contributed by atoms with Gasteiger partial charge in [-0.15, -0.1) is 4.99 Å². The lowest BCUT2D eigenvalue weighted by molar-refractivity contribution is 0.294. The average Bonchev–Trinajstić information content (AvgIpc) is 3.23. The molecular formula is C22H16N4O3. The number of hydrogen-bond acceptors (Lipinski definition) is 7. The molecule has 29 heavy (non-hydrogen) atoms. The van der Waals surface area contributed by atoms with Crippen LogP contribution in [-0.2, 0) is 17.8 Å². The van der Waals surface area contributed by atoms with Crippen LogP contribution in [0.4, 0.5) is 5.82 Å². The predicted molar refractivity (Wildman–Crippen MR) is 105 cm³/mol. The Balaban J connectivity index is 1.42. The molecule has 4 aromatic rings. The first kappa shape index (κ1) is 18.3. The average molecular weight is 384 g/mol. The number of rotatable bonds is 7. The molecule has 0 spiro atoms. The number of ether oxygens (including phenoxy) is 1. The summed E-state index contributed by atoms with van der Waals surface area (Å²) < 4.78 is 11.1. The molecule has 3 aromatic heterocycles. The molecule has 7 heteroatoms. The molecule has 0 bridgehead atoms. The minimum atomic E-state index is 0.252. The van der Waals surface area contributed by atoms with Gasteiger partial charge in [0, 0.05) is 30.9 Å². The van der Waals surface area contributed by atoms with Crippen molar-refractivity contribution >= 4 is 11.9 Å². The summed E-state index contributed by atoms with van der Waals surface area (Å²) in [5.41, 5.74) is 3.50. The third-order valence-electron chi connectivity index (χ3n) is 4.20. The largest absolute Gasteiger partial charge is 0.473 e. The van der Waals surface area contributed by atoms with E-state index in [0.29, 0.717) is 30.2 Å². The zero-order chi connectivity index (χ0) is 19.9. The maximum Gasteiger partial charge on any atom is 0.242 e. The number of nitrogens with zero attached hydrogens (tertiary/aromatic N) is 4. The maximum absolute atomic E-state index is 10.6. The van der Waals surface area contributed by atoms with Crippen LogP contribution in [0.1, 0.15) is 16.8 Å². The lowest BCUT2D eigenvalue weighted by Crippen LogP contribution is -1.97. The Bertz CT molecular complexity index is 1130. The summed E-state index contributed by atoms with van der Waals surface area (Å²) >= 11 is 0. The molecule has 0 N–H and O–H groups in total. The van der Waals surface area contributed by atoms with E-state index in [0.717, 1.165) is 16.8 Å². The first-order chi connectivity index (χ1) is 14.3. The van der Waals surface area contributed by atoms with Crippen molar-refractivity contribution in [1.29, 1.82) is 0 Å². The predicted octanol–water partition coefficient (Wildman–Crippen LogP) is 4.27.